The number of hydrogen-bond acceptors (Lipinski definition) is 7. The number of nitrogens with one attached hydrogen (secondary N) is 1. The van der Waals surface area contributed by atoms with Gasteiger partial charge in [-0.05, 0) is 42.6 Å². The third kappa shape index (κ3) is 3.13. The minimum Gasteiger partial charge on any atom is -0.378 e. The predicted molar refractivity (Wildman–Crippen MR) is 101 cm³/mol. The topological polar surface area (TPSA) is 53.5 Å². The molecule has 0 aliphatic carbocycles. The number of likely N-dealkylation sites (tertiary alicyclic amines) is 1. The molecule has 2 aromatic rings. The highest BCUT2D eigenvalue weighted by Crippen LogP contribution is 2.35. The van der Waals surface area contributed by atoms with Crippen LogP contribution >= 0.6 is 22.9 Å². The molecule has 3 saturated heterocycles. The van der Waals surface area contributed by atoms with Crippen LogP contribution in [0.5, 0.6) is 0 Å². The Bertz CT molecular complexity index is 766. The predicted octanol–water partition coefficient (Wildman–Crippen LogP) is 1.83. The molecular formula is C17H22ClN5OS. The molecule has 2 unspecified atom stereocenters. The molecule has 3 aliphatic heterocycles. The molecule has 25 heavy (non-hydrogen) atoms. The molecule has 2 atom stereocenters. The molecule has 1 N–H and O–H groups in total. The Morgan fingerprint density at radius 2 is 1.96 bits per heavy atom. The van der Waals surface area contributed by atoms with Crippen molar-refractivity contribution in [2.45, 2.75) is 6.54 Å². The van der Waals surface area contributed by atoms with Crippen LogP contribution in [0.3, 0.4) is 0 Å². The Morgan fingerprint density at radius 3 is 2.72 bits per heavy atom. The van der Waals surface area contributed by atoms with Crippen molar-refractivity contribution in [1.82, 2.24) is 20.2 Å². The van der Waals surface area contributed by atoms with Crippen molar-refractivity contribution in [3.8, 4) is 0 Å². The lowest BCUT2D eigenvalue weighted by Gasteiger charge is -2.28. The van der Waals surface area contributed by atoms with Gasteiger partial charge in [-0.15, -0.1) is 11.3 Å². The van der Waals surface area contributed by atoms with E-state index in [-0.39, 0.29) is 0 Å². The number of nitrogens with zero attached hydrogens (tertiary/aromatic N) is 4. The van der Waals surface area contributed by atoms with Gasteiger partial charge in [0.15, 0.2) is 5.82 Å². The molecule has 5 rings (SSSR count). The summed E-state index contributed by atoms with van der Waals surface area (Å²) in [5.74, 6) is 2.62. The summed E-state index contributed by atoms with van der Waals surface area (Å²) in [5.41, 5.74) is 0.975. The summed E-state index contributed by atoms with van der Waals surface area (Å²) in [4.78, 5) is 15.2. The van der Waals surface area contributed by atoms with Crippen LogP contribution in [0.25, 0.3) is 10.2 Å². The van der Waals surface area contributed by atoms with Crippen LogP contribution in [0.15, 0.2) is 6.07 Å². The highest BCUT2D eigenvalue weighted by atomic mass is 35.5. The van der Waals surface area contributed by atoms with E-state index in [4.69, 9.17) is 16.3 Å². The zero-order chi connectivity index (χ0) is 16.8. The first-order valence-electron chi connectivity index (χ1n) is 8.98. The molecule has 0 bridgehead atoms. The van der Waals surface area contributed by atoms with Gasteiger partial charge in [-0.3, -0.25) is 4.90 Å². The summed E-state index contributed by atoms with van der Waals surface area (Å²) in [7, 11) is 0. The van der Waals surface area contributed by atoms with Crippen LogP contribution in [0.2, 0.25) is 5.28 Å². The van der Waals surface area contributed by atoms with E-state index in [2.05, 4.69) is 31.2 Å². The van der Waals surface area contributed by atoms with Gasteiger partial charge in [-0.25, -0.2) is 4.98 Å². The first kappa shape index (κ1) is 16.2. The minimum absolute atomic E-state index is 0.333. The Hall–Kier alpha value is -0.990. The maximum Gasteiger partial charge on any atom is 0.224 e. The second kappa shape index (κ2) is 6.63. The maximum atomic E-state index is 6.19. The average molecular weight is 380 g/mol. The normalized spacial score (nSPS) is 27.3. The van der Waals surface area contributed by atoms with Gasteiger partial charge in [0.25, 0.3) is 0 Å². The highest BCUT2D eigenvalue weighted by molar-refractivity contribution is 7.19. The monoisotopic (exact) mass is 379 g/mol. The van der Waals surface area contributed by atoms with E-state index in [1.807, 2.05) is 11.3 Å². The van der Waals surface area contributed by atoms with Gasteiger partial charge >= 0.3 is 0 Å². The van der Waals surface area contributed by atoms with E-state index in [1.54, 1.807) is 0 Å². The molecule has 0 spiro atoms. The molecule has 0 amide bonds. The van der Waals surface area contributed by atoms with Crippen LogP contribution in [0.4, 0.5) is 5.82 Å². The van der Waals surface area contributed by atoms with Crippen molar-refractivity contribution >= 4 is 39.0 Å². The van der Waals surface area contributed by atoms with E-state index >= 15 is 0 Å². The lowest BCUT2D eigenvalue weighted by molar-refractivity contribution is 0.122. The van der Waals surface area contributed by atoms with Gasteiger partial charge < -0.3 is 15.0 Å². The van der Waals surface area contributed by atoms with Crippen molar-refractivity contribution in [3.05, 3.63) is 16.2 Å². The molecule has 0 saturated carbocycles. The zero-order valence-corrected chi connectivity index (χ0v) is 15.7. The van der Waals surface area contributed by atoms with Gasteiger partial charge in [0.1, 0.15) is 0 Å². The van der Waals surface area contributed by atoms with Gasteiger partial charge in [0.05, 0.1) is 23.4 Å². The fourth-order valence-corrected chi connectivity index (χ4v) is 5.63. The molecule has 5 heterocycles. The molecule has 2 aromatic heterocycles. The average Bonchev–Trinajstić information content (AvgIpc) is 3.29. The molecular weight excluding hydrogens is 358 g/mol. The number of halogens is 1. The third-order valence-electron chi connectivity index (χ3n) is 5.53. The molecule has 134 valence electrons. The third-order valence-corrected chi connectivity index (χ3v) is 6.81. The van der Waals surface area contributed by atoms with Crippen molar-refractivity contribution < 1.29 is 4.74 Å². The highest BCUT2D eigenvalue weighted by Gasteiger charge is 2.36. The molecule has 3 fully saturated rings. The van der Waals surface area contributed by atoms with E-state index in [1.165, 1.54) is 31.1 Å². The van der Waals surface area contributed by atoms with Gasteiger partial charge in [0, 0.05) is 37.6 Å². The van der Waals surface area contributed by atoms with Crippen molar-refractivity contribution in [3.63, 3.8) is 0 Å². The Labute approximate surface area is 156 Å². The second-order valence-corrected chi connectivity index (χ2v) is 8.69. The van der Waals surface area contributed by atoms with Crippen LogP contribution < -0.4 is 10.2 Å². The molecule has 0 aromatic carbocycles. The number of anilines is 1. The van der Waals surface area contributed by atoms with Gasteiger partial charge in [0.2, 0.25) is 5.28 Å². The van der Waals surface area contributed by atoms with E-state index in [9.17, 15) is 0 Å². The Morgan fingerprint density at radius 1 is 1.20 bits per heavy atom. The number of rotatable bonds is 3. The molecule has 6 nitrogen and oxygen atoms in total. The van der Waals surface area contributed by atoms with Gasteiger partial charge in [-0.2, -0.15) is 4.98 Å². The summed E-state index contributed by atoms with van der Waals surface area (Å²) in [6.07, 6.45) is 0. The number of morpholine rings is 1. The Balaban J connectivity index is 1.41. The van der Waals surface area contributed by atoms with Crippen molar-refractivity contribution in [2.24, 2.45) is 11.8 Å². The van der Waals surface area contributed by atoms with Crippen LogP contribution in [-0.4, -0.2) is 67.4 Å². The summed E-state index contributed by atoms with van der Waals surface area (Å²) < 4.78 is 6.62. The van der Waals surface area contributed by atoms with Gasteiger partial charge in [-0.1, -0.05) is 0 Å². The SMILES string of the molecule is Clc1nc(N2CCOCC2)c2sc(CN3CC4CNCC4C3)cc2n1. The standard InChI is InChI=1S/C17H22ClN5OS/c18-17-20-14-5-13(10-22-8-11-6-19-7-12(11)9-22)25-15(14)16(21-17)23-1-3-24-4-2-23/h5,11-12,19H,1-4,6-10H2. The molecule has 3 aliphatic rings. The zero-order valence-electron chi connectivity index (χ0n) is 14.1. The largest absolute Gasteiger partial charge is 0.378 e. The lowest BCUT2D eigenvalue weighted by atomic mass is 10.0. The fraction of sp³-hybridized carbons (Fsp3) is 0.647. The number of thiophene rings is 1. The minimum atomic E-state index is 0.333. The number of ether oxygens (including phenoxy) is 1. The first-order valence-corrected chi connectivity index (χ1v) is 10.2. The number of hydrogen-bond donors (Lipinski definition) is 1. The fourth-order valence-electron chi connectivity index (χ4n) is 4.31. The summed E-state index contributed by atoms with van der Waals surface area (Å²) in [5, 5.41) is 3.84. The van der Waals surface area contributed by atoms with E-state index in [0.717, 1.165) is 60.7 Å². The molecule has 8 heteroatoms. The summed E-state index contributed by atoms with van der Waals surface area (Å²) >= 11 is 8.01. The van der Waals surface area contributed by atoms with Crippen molar-refractivity contribution in [1.29, 1.82) is 0 Å². The maximum absolute atomic E-state index is 6.19. The summed E-state index contributed by atoms with van der Waals surface area (Å²) in [6.45, 7) is 8.97. The van der Waals surface area contributed by atoms with Crippen LogP contribution in [0.1, 0.15) is 4.88 Å². The lowest BCUT2D eigenvalue weighted by Crippen LogP contribution is -2.36. The first-order chi connectivity index (χ1) is 12.3. The van der Waals surface area contributed by atoms with E-state index in [0.29, 0.717) is 5.28 Å². The van der Waals surface area contributed by atoms with Crippen molar-refractivity contribution in [2.75, 3.05) is 57.4 Å². The van der Waals surface area contributed by atoms with Crippen LogP contribution in [0, 0.1) is 11.8 Å². The quantitative estimate of drug-likeness (QED) is 0.821. The summed E-state index contributed by atoms with van der Waals surface area (Å²) in [6, 6.07) is 2.20. The molecule has 0 radical (unpaired) electrons. The Kier molecular flexibility index (Phi) is 4.30. The second-order valence-electron chi connectivity index (χ2n) is 7.22. The number of aromatic nitrogens is 2. The number of fused-ring (bicyclic) bond motifs is 2. The van der Waals surface area contributed by atoms with E-state index < -0.39 is 0 Å². The smallest absolute Gasteiger partial charge is 0.224 e. The van der Waals surface area contributed by atoms with Crippen LogP contribution in [-0.2, 0) is 11.3 Å².